The Bertz CT molecular complexity index is 326. The monoisotopic (exact) mass is 242 g/mol. The largest absolute Gasteiger partial charge is 0.493 e. The molecule has 0 radical (unpaired) electrons. The molecule has 1 rings (SSSR count). The van der Waals surface area contributed by atoms with Crippen LogP contribution in [0.4, 0.5) is 0 Å². The lowest BCUT2D eigenvalue weighted by Gasteiger charge is -2.15. The Morgan fingerprint density at radius 3 is 2.69 bits per heavy atom. The van der Waals surface area contributed by atoms with Crippen molar-refractivity contribution in [3.63, 3.8) is 0 Å². The van der Waals surface area contributed by atoms with Crippen molar-refractivity contribution < 1.29 is 9.84 Å². The zero-order valence-electron chi connectivity index (χ0n) is 9.87. The number of halogens is 1. The standard InChI is InChI=1S/C13H19ClO2/c1-3-5-12(15)11-9-10(14)6-7-13(11)16-8-4-2/h6-7,9,12,15H,3-5,8H2,1-2H3. The number of aliphatic hydroxyl groups excluding tert-OH is 1. The Hall–Kier alpha value is -0.730. The van der Waals surface area contributed by atoms with Gasteiger partial charge in [-0.1, -0.05) is 31.9 Å². The molecule has 1 aromatic rings. The van der Waals surface area contributed by atoms with Crippen molar-refractivity contribution in [1.29, 1.82) is 0 Å². The molecular formula is C13H19ClO2. The first-order valence-electron chi connectivity index (χ1n) is 5.79. The molecule has 2 nitrogen and oxygen atoms in total. The van der Waals surface area contributed by atoms with Crippen molar-refractivity contribution in [2.24, 2.45) is 0 Å². The molecule has 0 aliphatic carbocycles. The van der Waals surface area contributed by atoms with E-state index in [4.69, 9.17) is 16.3 Å². The molecule has 0 heterocycles. The highest BCUT2D eigenvalue weighted by molar-refractivity contribution is 6.30. The van der Waals surface area contributed by atoms with E-state index < -0.39 is 6.10 Å². The van der Waals surface area contributed by atoms with Gasteiger partial charge in [0, 0.05) is 10.6 Å². The van der Waals surface area contributed by atoms with Gasteiger partial charge in [-0.2, -0.15) is 0 Å². The van der Waals surface area contributed by atoms with Crippen LogP contribution in [0.25, 0.3) is 0 Å². The number of benzene rings is 1. The number of ether oxygens (including phenoxy) is 1. The maximum absolute atomic E-state index is 9.99. The van der Waals surface area contributed by atoms with E-state index in [2.05, 4.69) is 6.92 Å². The second-order valence-corrected chi connectivity index (χ2v) is 4.27. The lowest BCUT2D eigenvalue weighted by molar-refractivity contribution is 0.160. The Morgan fingerprint density at radius 1 is 1.31 bits per heavy atom. The summed E-state index contributed by atoms with van der Waals surface area (Å²) < 4.78 is 5.59. The molecule has 0 saturated heterocycles. The van der Waals surface area contributed by atoms with Crippen LogP contribution in [0.1, 0.15) is 44.8 Å². The maximum Gasteiger partial charge on any atom is 0.125 e. The second kappa shape index (κ2) is 6.77. The summed E-state index contributed by atoms with van der Waals surface area (Å²) in [5.41, 5.74) is 0.794. The minimum absolute atomic E-state index is 0.490. The summed E-state index contributed by atoms with van der Waals surface area (Å²) in [6, 6.07) is 5.40. The van der Waals surface area contributed by atoms with Gasteiger partial charge in [-0.05, 0) is 31.0 Å². The SMILES string of the molecule is CCCOc1ccc(Cl)cc1C(O)CCC. The Kier molecular flexibility index (Phi) is 5.64. The van der Waals surface area contributed by atoms with Gasteiger partial charge in [-0.25, -0.2) is 0 Å². The van der Waals surface area contributed by atoms with Crippen molar-refractivity contribution in [3.8, 4) is 5.75 Å². The van der Waals surface area contributed by atoms with Gasteiger partial charge in [0.1, 0.15) is 5.75 Å². The van der Waals surface area contributed by atoms with E-state index in [0.29, 0.717) is 11.6 Å². The molecule has 1 unspecified atom stereocenters. The molecule has 1 aromatic carbocycles. The lowest BCUT2D eigenvalue weighted by atomic mass is 10.0. The second-order valence-electron chi connectivity index (χ2n) is 3.84. The minimum atomic E-state index is -0.490. The molecule has 0 amide bonds. The van der Waals surface area contributed by atoms with Gasteiger partial charge in [0.05, 0.1) is 12.7 Å². The molecule has 0 aliphatic rings. The van der Waals surface area contributed by atoms with Crippen molar-refractivity contribution in [2.45, 2.75) is 39.2 Å². The number of hydrogen-bond donors (Lipinski definition) is 1. The van der Waals surface area contributed by atoms with Crippen molar-refractivity contribution in [3.05, 3.63) is 28.8 Å². The summed E-state index contributed by atoms with van der Waals surface area (Å²) >= 11 is 5.93. The average molecular weight is 243 g/mol. The first-order valence-corrected chi connectivity index (χ1v) is 6.17. The van der Waals surface area contributed by atoms with Gasteiger partial charge in [0.2, 0.25) is 0 Å². The Labute approximate surface area is 102 Å². The molecule has 0 spiro atoms. The molecular weight excluding hydrogens is 224 g/mol. The van der Waals surface area contributed by atoms with E-state index >= 15 is 0 Å². The fourth-order valence-electron chi connectivity index (χ4n) is 1.55. The Morgan fingerprint density at radius 2 is 2.06 bits per heavy atom. The fraction of sp³-hybridized carbons (Fsp3) is 0.538. The molecule has 90 valence electrons. The minimum Gasteiger partial charge on any atom is -0.493 e. The van der Waals surface area contributed by atoms with Crippen LogP contribution in [0.5, 0.6) is 5.75 Å². The highest BCUT2D eigenvalue weighted by Crippen LogP contribution is 2.30. The van der Waals surface area contributed by atoms with E-state index in [1.807, 2.05) is 13.0 Å². The van der Waals surface area contributed by atoms with Crippen LogP contribution in [0.15, 0.2) is 18.2 Å². The highest BCUT2D eigenvalue weighted by Gasteiger charge is 2.13. The third-order valence-electron chi connectivity index (χ3n) is 2.35. The van der Waals surface area contributed by atoms with Crippen LogP contribution in [0.2, 0.25) is 5.02 Å². The van der Waals surface area contributed by atoms with Crippen molar-refractivity contribution in [2.75, 3.05) is 6.61 Å². The van der Waals surface area contributed by atoms with E-state index in [9.17, 15) is 5.11 Å². The first-order chi connectivity index (χ1) is 7.69. The fourth-order valence-corrected chi connectivity index (χ4v) is 1.73. The summed E-state index contributed by atoms with van der Waals surface area (Å²) in [6.07, 6.45) is 2.12. The van der Waals surface area contributed by atoms with E-state index in [1.165, 1.54) is 0 Å². The number of aliphatic hydroxyl groups is 1. The zero-order valence-corrected chi connectivity index (χ0v) is 10.6. The third-order valence-corrected chi connectivity index (χ3v) is 2.59. The van der Waals surface area contributed by atoms with Gasteiger partial charge < -0.3 is 9.84 Å². The van der Waals surface area contributed by atoms with Crippen LogP contribution in [-0.2, 0) is 0 Å². The van der Waals surface area contributed by atoms with E-state index in [1.54, 1.807) is 12.1 Å². The van der Waals surface area contributed by atoms with E-state index in [-0.39, 0.29) is 0 Å². The summed E-state index contributed by atoms with van der Waals surface area (Å²) in [6.45, 7) is 4.76. The normalized spacial score (nSPS) is 12.5. The van der Waals surface area contributed by atoms with Gasteiger partial charge in [0.15, 0.2) is 0 Å². The van der Waals surface area contributed by atoms with Gasteiger partial charge in [-0.15, -0.1) is 0 Å². The quantitative estimate of drug-likeness (QED) is 0.818. The molecule has 1 atom stereocenters. The zero-order chi connectivity index (χ0) is 12.0. The molecule has 1 N–H and O–H groups in total. The molecule has 3 heteroatoms. The van der Waals surface area contributed by atoms with Crippen molar-refractivity contribution >= 4 is 11.6 Å². The summed E-state index contributed by atoms with van der Waals surface area (Å²) in [5.74, 6) is 0.743. The first kappa shape index (κ1) is 13.3. The third kappa shape index (κ3) is 3.69. The molecule has 0 saturated carbocycles. The van der Waals surface area contributed by atoms with Gasteiger partial charge >= 0.3 is 0 Å². The molecule has 0 aliphatic heterocycles. The van der Waals surface area contributed by atoms with Crippen LogP contribution < -0.4 is 4.74 Å². The smallest absolute Gasteiger partial charge is 0.125 e. The maximum atomic E-state index is 9.99. The van der Waals surface area contributed by atoms with E-state index in [0.717, 1.165) is 30.6 Å². The number of hydrogen-bond acceptors (Lipinski definition) is 2. The number of rotatable bonds is 6. The molecule has 0 fully saturated rings. The molecule has 16 heavy (non-hydrogen) atoms. The van der Waals surface area contributed by atoms with Crippen LogP contribution in [0, 0.1) is 0 Å². The van der Waals surface area contributed by atoms with Crippen LogP contribution >= 0.6 is 11.6 Å². The predicted molar refractivity (Wildman–Crippen MR) is 67.1 cm³/mol. The van der Waals surface area contributed by atoms with Crippen LogP contribution in [0.3, 0.4) is 0 Å². The lowest BCUT2D eigenvalue weighted by Crippen LogP contribution is -2.03. The van der Waals surface area contributed by atoms with Crippen molar-refractivity contribution in [1.82, 2.24) is 0 Å². The topological polar surface area (TPSA) is 29.5 Å². The summed E-state index contributed by atoms with van der Waals surface area (Å²) in [7, 11) is 0. The highest BCUT2D eigenvalue weighted by atomic mass is 35.5. The van der Waals surface area contributed by atoms with Gasteiger partial charge in [-0.3, -0.25) is 0 Å². The molecule has 0 aromatic heterocycles. The van der Waals surface area contributed by atoms with Gasteiger partial charge in [0.25, 0.3) is 0 Å². The molecule has 0 bridgehead atoms. The Balaban J connectivity index is 2.88. The summed E-state index contributed by atoms with van der Waals surface area (Å²) in [5, 5.41) is 10.6. The van der Waals surface area contributed by atoms with Crippen LogP contribution in [-0.4, -0.2) is 11.7 Å². The summed E-state index contributed by atoms with van der Waals surface area (Å²) in [4.78, 5) is 0. The predicted octanol–water partition coefficient (Wildman–Crippen LogP) is 3.96. The average Bonchev–Trinajstić information content (AvgIpc) is 2.27.